The first-order chi connectivity index (χ1) is 21.2. The average molecular weight is 645 g/mol. The first-order valence-electron chi connectivity index (χ1n) is 15.1. The van der Waals surface area contributed by atoms with E-state index in [-0.39, 0.29) is 37.0 Å². The molecule has 1 aliphatic heterocycles. The van der Waals surface area contributed by atoms with Crippen LogP contribution in [0, 0.1) is 11.8 Å². The molecule has 246 valence electrons. The van der Waals surface area contributed by atoms with E-state index in [0.29, 0.717) is 17.2 Å². The van der Waals surface area contributed by atoms with Crippen molar-refractivity contribution in [3.8, 4) is 5.75 Å². The van der Waals surface area contributed by atoms with E-state index >= 15 is 0 Å². The molecule has 13 heteroatoms. The van der Waals surface area contributed by atoms with Gasteiger partial charge < -0.3 is 35.5 Å². The largest absolute Gasteiger partial charge is 0.497 e. The minimum atomic E-state index is -1.04. The Labute approximate surface area is 269 Å². The molecular formula is C32H45ClN6O6. The van der Waals surface area contributed by atoms with Crippen LogP contribution in [0.2, 0.25) is 5.02 Å². The van der Waals surface area contributed by atoms with E-state index in [1.165, 1.54) is 11.0 Å². The van der Waals surface area contributed by atoms with E-state index in [1.807, 2.05) is 27.7 Å². The van der Waals surface area contributed by atoms with Crippen LogP contribution in [0.1, 0.15) is 57.1 Å². The number of aromatic nitrogens is 1. The maximum absolute atomic E-state index is 13.7. The summed E-state index contributed by atoms with van der Waals surface area (Å²) in [4.78, 5) is 69.1. The molecule has 2 heterocycles. The molecule has 0 aliphatic carbocycles. The van der Waals surface area contributed by atoms with Crippen molar-refractivity contribution in [1.29, 1.82) is 0 Å². The van der Waals surface area contributed by atoms with E-state index < -0.39 is 53.7 Å². The fraction of sp³-hybridized carbons (Fsp3) is 0.531. The number of nitrogens with one attached hydrogen (secondary N) is 4. The normalized spacial score (nSPS) is 22.2. The van der Waals surface area contributed by atoms with Crippen LogP contribution in [0.3, 0.4) is 0 Å². The highest BCUT2D eigenvalue weighted by Crippen LogP contribution is 2.17. The fourth-order valence-electron chi connectivity index (χ4n) is 5.06. The van der Waals surface area contributed by atoms with Crippen LogP contribution in [0.15, 0.2) is 36.5 Å². The molecule has 5 amide bonds. The van der Waals surface area contributed by atoms with E-state index in [2.05, 4.69) is 21.3 Å². The van der Waals surface area contributed by atoms with Crippen molar-refractivity contribution in [2.45, 2.75) is 71.6 Å². The lowest BCUT2D eigenvalue weighted by molar-refractivity contribution is -0.133. The lowest BCUT2D eigenvalue weighted by Crippen LogP contribution is -2.57. The minimum absolute atomic E-state index is 0.000262. The first kappa shape index (κ1) is 35.4. The molecule has 0 radical (unpaired) electrons. The van der Waals surface area contributed by atoms with Gasteiger partial charge in [-0.05, 0) is 48.9 Å². The minimum Gasteiger partial charge on any atom is -0.497 e. The van der Waals surface area contributed by atoms with Gasteiger partial charge in [0.05, 0.1) is 18.7 Å². The molecule has 12 nitrogen and oxygen atoms in total. The van der Waals surface area contributed by atoms with Gasteiger partial charge in [0, 0.05) is 32.3 Å². The third kappa shape index (κ3) is 9.97. The molecule has 1 aliphatic rings. The molecule has 2 aromatic rings. The topological polar surface area (TPSA) is 151 Å². The predicted octanol–water partition coefficient (Wildman–Crippen LogP) is 2.05. The molecule has 1 aromatic heterocycles. The average Bonchev–Trinajstić information content (AvgIpc) is 3.31. The molecule has 0 saturated carbocycles. The van der Waals surface area contributed by atoms with Gasteiger partial charge in [-0.1, -0.05) is 51.4 Å². The highest BCUT2D eigenvalue weighted by Gasteiger charge is 2.33. The number of amides is 5. The van der Waals surface area contributed by atoms with Crippen molar-refractivity contribution >= 4 is 41.1 Å². The van der Waals surface area contributed by atoms with Gasteiger partial charge in [-0.25, -0.2) is 0 Å². The quantitative estimate of drug-likeness (QED) is 0.362. The Bertz CT molecular complexity index is 1370. The summed E-state index contributed by atoms with van der Waals surface area (Å²) in [5, 5.41) is 11.6. The SMILES string of the molecule is COc1ccc(C[C@@H]2NC(=O)[C@H](CC(C)C)NC(=O)CN(C(=O)c3cc(Cl)cn3C)C[C@H](C(C)C)NC(=O)[C@@H](C)NC2=O)cc1. The van der Waals surface area contributed by atoms with E-state index in [4.69, 9.17) is 16.3 Å². The van der Waals surface area contributed by atoms with Crippen molar-refractivity contribution in [3.63, 3.8) is 0 Å². The monoisotopic (exact) mass is 644 g/mol. The lowest BCUT2D eigenvalue weighted by Gasteiger charge is -2.31. The smallest absolute Gasteiger partial charge is 0.271 e. The number of carbonyl (C=O) groups excluding carboxylic acids is 5. The Morgan fingerprint density at radius 1 is 0.956 bits per heavy atom. The Morgan fingerprint density at radius 2 is 1.60 bits per heavy atom. The lowest BCUT2D eigenvalue weighted by atomic mass is 10.0. The van der Waals surface area contributed by atoms with Gasteiger partial charge in [0.15, 0.2) is 0 Å². The van der Waals surface area contributed by atoms with Gasteiger partial charge in [-0.15, -0.1) is 0 Å². The van der Waals surface area contributed by atoms with Crippen molar-refractivity contribution in [2.75, 3.05) is 20.2 Å². The number of aryl methyl sites for hydroxylation is 1. The standard InChI is InChI=1S/C32H45ClN6O6/c1-18(2)12-24-31(43)36-25(13-21-8-10-23(45-7)11-9-21)30(42)34-20(5)29(41)37-26(19(3)4)16-39(17-28(40)35-24)32(44)27-14-22(33)15-38(27)6/h8-11,14-15,18-20,24-26H,12-13,16-17H2,1-7H3,(H,34,42)(H,35,40)(H,36,43)(H,37,41)/t20-,24+,25+,26-/m1/s1. The Balaban J connectivity index is 2.00. The molecule has 0 unspecified atom stereocenters. The maximum Gasteiger partial charge on any atom is 0.271 e. The summed E-state index contributed by atoms with van der Waals surface area (Å²) in [7, 11) is 3.22. The summed E-state index contributed by atoms with van der Waals surface area (Å²) in [6, 6.07) is 5.05. The number of nitrogens with zero attached hydrogens (tertiary/aromatic N) is 2. The zero-order valence-corrected chi connectivity index (χ0v) is 27.7. The van der Waals surface area contributed by atoms with Gasteiger partial charge >= 0.3 is 0 Å². The van der Waals surface area contributed by atoms with E-state index in [0.717, 1.165) is 5.56 Å². The Morgan fingerprint density at radius 3 is 2.16 bits per heavy atom. The molecule has 1 fully saturated rings. The van der Waals surface area contributed by atoms with Crippen molar-refractivity contribution in [3.05, 3.63) is 52.8 Å². The van der Waals surface area contributed by atoms with Crippen LogP contribution < -0.4 is 26.0 Å². The van der Waals surface area contributed by atoms with Gasteiger partial charge in [0.1, 0.15) is 29.6 Å². The molecule has 0 spiro atoms. The number of carbonyl (C=O) groups is 5. The van der Waals surface area contributed by atoms with Gasteiger partial charge in [-0.3, -0.25) is 24.0 Å². The predicted molar refractivity (Wildman–Crippen MR) is 171 cm³/mol. The Hall–Kier alpha value is -4.06. The second-order valence-corrected chi connectivity index (χ2v) is 12.7. The van der Waals surface area contributed by atoms with Crippen LogP contribution in [-0.2, 0) is 32.6 Å². The molecule has 4 atom stereocenters. The van der Waals surface area contributed by atoms with Crippen LogP contribution in [0.4, 0.5) is 0 Å². The van der Waals surface area contributed by atoms with Gasteiger partial charge in [-0.2, -0.15) is 0 Å². The first-order valence-corrected chi connectivity index (χ1v) is 15.5. The third-order valence-corrected chi connectivity index (χ3v) is 7.91. The summed E-state index contributed by atoms with van der Waals surface area (Å²) < 4.78 is 6.79. The summed E-state index contributed by atoms with van der Waals surface area (Å²) >= 11 is 6.15. The van der Waals surface area contributed by atoms with Crippen LogP contribution in [-0.4, -0.2) is 83.4 Å². The van der Waals surface area contributed by atoms with Gasteiger partial charge in [0.2, 0.25) is 23.6 Å². The number of hydrogen-bond acceptors (Lipinski definition) is 6. The zero-order valence-electron chi connectivity index (χ0n) is 27.0. The molecule has 3 rings (SSSR count). The summed E-state index contributed by atoms with van der Waals surface area (Å²) in [6.45, 7) is 8.78. The number of ether oxygens (including phenoxy) is 1. The molecule has 0 bridgehead atoms. The van der Waals surface area contributed by atoms with Crippen LogP contribution in [0.5, 0.6) is 5.75 Å². The second kappa shape index (κ2) is 15.8. The molecular weight excluding hydrogens is 600 g/mol. The highest BCUT2D eigenvalue weighted by atomic mass is 35.5. The van der Waals surface area contributed by atoms with Crippen LogP contribution in [0.25, 0.3) is 0 Å². The molecule has 4 N–H and O–H groups in total. The van der Waals surface area contributed by atoms with E-state index in [1.54, 1.807) is 56.1 Å². The number of halogens is 1. The second-order valence-electron chi connectivity index (χ2n) is 12.3. The fourth-order valence-corrected chi connectivity index (χ4v) is 5.31. The van der Waals surface area contributed by atoms with Crippen molar-refractivity contribution in [2.24, 2.45) is 18.9 Å². The molecule has 1 aromatic carbocycles. The Kier molecular flexibility index (Phi) is 12.4. The summed E-state index contributed by atoms with van der Waals surface area (Å²) in [5.74, 6) is -2.07. The summed E-state index contributed by atoms with van der Waals surface area (Å²) in [5.41, 5.74) is 1.02. The van der Waals surface area contributed by atoms with E-state index in [9.17, 15) is 24.0 Å². The van der Waals surface area contributed by atoms with Gasteiger partial charge in [0.25, 0.3) is 5.91 Å². The van der Waals surface area contributed by atoms with Crippen molar-refractivity contribution < 1.29 is 28.7 Å². The molecule has 1 saturated heterocycles. The summed E-state index contributed by atoms with van der Waals surface area (Å²) in [6.07, 6.45) is 2.01. The zero-order chi connectivity index (χ0) is 33.4. The third-order valence-electron chi connectivity index (χ3n) is 7.70. The van der Waals surface area contributed by atoms with Crippen LogP contribution >= 0.6 is 11.6 Å². The number of rotatable bonds is 7. The number of benzene rings is 1. The number of hydrogen-bond donors (Lipinski definition) is 4. The highest BCUT2D eigenvalue weighted by molar-refractivity contribution is 6.31. The maximum atomic E-state index is 13.7. The van der Waals surface area contributed by atoms with Crippen molar-refractivity contribution in [1.82, 2.24) is 30.7 Å². The number of methoxy groups -OCH3 is 1. The molecule has 45 heavy (non-hydrogen) atoms.